The lowest BCUT2D eigenvalue weighted by molar-refractivity contribution is -0.123. The fourth-order valence-electron chi connectivity index (χ4n) is 7.85. The Labute approximate surface area is 390 Å². The lowest BCUT2D eigenvalue weighted by Gasteiger charge is -2.23. The third-order valence-electron chi connectivity index (χ3n) is 11.9. The summed E-state index contributed by atoms with van der Waals surface area (Å²) in [5.41, 5.74) is 5.40. The van der Waals surface area contributed by atoms with Crippen molar-refractivity contribution >= 4 is 13.7 Å². The van der Waals surface area contributed by atoms with Gasteiger partial charge < -0.3 is 21.1 Å². The summed E-state index contributed by atoms with van der Waals surface area (Å²) in [5.74, 6) is -0.200. The van der Waals surface area contributed by atoms with Crippen molar-refractivity contribution in [2.24, 2.45) is 5.73 Å². The SMILES string of the molecule is CCCCCCC/C=C\C/C=C\C/C=C\CCCCCCCCCCC(=O)NC(COP(=O)(O)OCCN)C(O)/C=C/CCCCCCCCCCCCCCCCCCCCC. The largest absolute Gasteiger partial charge is 0.472 e. The molecule has 0 aliphatic heterocycles. The highest BCUT2D eigenvalue weighted by Crippen LogP contribution is 2.43. The van der Waals surface area contributed by atoms with E-state index in [4.69, 9.17) is 14.8 Å². The summed E-state index contributed by atoms with van der Waals surface area (Å²) in [6, 6.07) is -0.867. The highest BCUT2D eigenvalue weighted by molar-refractivity contribution is 7.47. The molecular formula is C54H103N2O6P. The lowest BCUT2D eigenvalue weighted by Crippen LogP contribution is -2.45. The molecule has 0 radical (unpaired) electrons. The number of allylic oxidation sites excluding steroid dienone is 7. The van der Waals surface area contributed by atoms with E-state index in [9.17, 15) is 19.4 Å². The number of aliphatic hydroxyl groups is 1. The number of nitrogens with two attached hydrogens (primary N) is 1. The molecule has 0 bridgehead atoms. The van der Waals surface area contributed by atoms with E-state index < -0.39 is 20.0 Å². The summed E-state index contributed by atoms with van der Waals surface area (Å²) < 4.78 is 22.2. The van der Waals surface area contributed by atoms with Crippen molar-refractivity contribution in [3.63, 3.8) is 0 Å². The molecule has 0 saturated carbocycles. The Hall–Kier alpha value is -1.54. The van der Waals surface area contributed by atoms with Crippen LogP contribution in [0, 0.1) is 0 Å². The molecule has 1 amide bonds. The first kappa shape index (κ1) is 61.5. The number of amides is 1. The van der Waals surface area contributed by atoms with Gasteiger partial charge in [-0.25, -0.2) is 4.57 Å². The van der Waals surface area contributed by atoms with Gasteiger partial charge >= 0.3 is 7.82 Å². The van der Waals surface area contributed by atoms with Crippen LogP contribution in [0.2, 0.25) is 0 Å². The summed E-state index contributed by atoms with van der Waals surface area (Å²) in [7, 11) is -4.35. The van der Waals surface area contributed by atoms with Crippen LogP contribution in [0.15, 0.2) is 48.6 Å². The minimum atomic E-state index is -4.35. The molecule has 0 aromatic heterocycles. The predicted octanol–water partition coefficient (Wildman–Crippen LogP) is 16.0. The molecule has 0 spiro atoms. The average molecular weight is 907 g/mol. The molecule has 9 heteroatoms. The Morgan fingerprint density at radius 2 is 0.873 bits per heavy atom. The number of phosphoric ester groups is 1. The van der Waals surface area contributed by atoms with Gasteiger partial charge in [0, 0.05) is 13.0 Å². The second kappa shape index (κ2) is 49.9. The molecule has 0 rings (SSSR count). The van der Waals surface area contributed by atoms with Gasteiger partial charge in [-0.15, -0.1) is 0 Å². The highest BCUT2D eigenvalue weighted by Gasteiger charge is 2.26. The van der Waals surface area contributed by atoms with Gasteiger partial charge in [-0.2, -0.15) is 0 Å². The van der Waals surface area contributed by atoms with E-state index in [0.717, 1.165) is 57.8 Å². The number of aliphatic hydroxyl groups excluding tert-OH is 1. The van der Waals surface area contributed by atoms with Gasteiger partial charge in [0.25, 0.3) is 0 Å². The number of unbranched alkanes of at least 4 members (excludes halogenated alkanes) is 32. The Bertz CT molecular complexity index is 1130. The van der Waals surface area contributed by atoms with Gasteiger partial charge in [-0.05, 0) is 57.8 Å². The van der Waals surface area contributed by atoms with Gasteiger partial charge in [-0.3, -0.25) is 13.8 Å². The van der Waals surface area contributed by atoms with Gasteiger partial charge in [0.1, 0.15) is 0 Å². The van der Waals surface area contributed by atoms with Gasteiger partial charge in [-0.1, -0.05) is 242 Å². The number of hydrogen-bond donors (Lipinski definition) is 4. The molecular weight excluding hydrogens is 804 g/mol. The van der Waals surface area contributed by atoms with E-state index in [-0.39, 0.29) is 25.7 Å². The van der Waals surface area contributed by atoms with Crippen LogP contribution in [-0.4, -0.2) is 47.8 Å². The number of phosphoric acid groups is 1. The van der Waals surface area contributed by atoms with Crippen molar-refractivity contribution in [3.8, 4) is 0 Å². The fourth-order valence-corrected chi connectivity index (χ4v) is 8.61. The maximum Gasteiger partial charge on any atom is 0.472 e. The van der Waals surface area contributed by atoms with Crippen molar-refractivity contribution in [2.45, 2.75) is 270 Å². The molecule has 0 aliphatic rings. The van der Waals surface area contributed by atoms with Gasteiger partial charge in [0.05, 0.1) is 25.4 Å². The topological polar surface area (TPSA) is 131 Å². The predicted molar refractivity (Wildman–Crippen MR) is 272 cm³/mol. The molecule has 5 N–H and O–H groups in total. The number of hydrogen-bond acceptors (Lipinski definition) is 6. The minimum absolute atomic E-state index is 0.0762. The summed E-state index contributed by atoms with van der Waals surface area (Å²) in [6.07, 6.45) is 63.2. The zero-order valence-electron chi connectivity index (χ0n) is 41.3. The second-order valence-electron chi connectivity index (χ2n) is 18.1. The van der Waals surface area contributed by atoms with Crippen LogP contribution in [0.1, 0.15) is 258 Å². The zero-order valence-corrected chi connectivity index (χ0v) is 42.2. The number of carbonyl (C=O) groups excluding carboxylic acids is 1. The first-order valence-corrected chi connectivity index (χ1v) is 28.3. The molecule has 0 aromatic rings. The third kappa shape index (κ3) is 48.2. The molecule has 0 heterocycles. The minimum Gasteiger partial charge on any atom is -0.387 e. The monoisotopic (exact) mass is 907 g/mol. The van der Waals surface area contributed by atoms with E-state index in [0.29, 0.717) is 6.42 Å². The van der Waals surface area contributed by atoms with Gasteiger partial charge in [0.2, 0.25) is 5.91 Å². The van der Waals surface area contributed by atoms with Crippen LogP contribution < -0.4 is 11.1 Å². The van der Waals surface area contributed by atoms with Crippen molar-refractivity contribution in [1.29, 1.82) is 0 Å². The van der Waals surface area contributed by atoms with Crippen LogP contribution in [0.4, 0.5) is 0 Å². The molecule has 3 atom stereocenters. The van der Waals surface area contributed by atoms with E-state index in [1.807, 2.05) is 6.08 Å². The summed E-state index contributed by atoms with van der Waals surface area (Å²) in [4.78, 5) is 22.8. The van der Waals surface area contributed by atoms with Crippen LogP contribution in [-0.2, 0) is 18.4 Å². The standard InChI is InChI=1S/C54H103N2O6P/c1-3-5-7-9-11-13-15-17-19-21-23-25-26-28-30-32-34-36-38-40-42-44-46-48-54(58)56-52(51-62-63(59,60)61-50-49-55)53(57)47-45-43-41-39-37-35-33-31-29-27-24-22-20-18-16-14-12-10-8-6-4-2/h15,17,21,23,26,28,45,47,52-53,57H,3-14,16,18-20,22,24-25,27,29-44,46,48-51,55H2,1-2H3,(H,56,58)(H,59,60)/b17-15-,23-21-,28-26-,47-45+. The van der Waals surface area contributed by atoms with E-state index >= 15 is 0 Å². The molecule has 63 heavy (non-hydrogen) atoms. The highest BCUT2D eigenvalue weighted by atomic mass is 31.2. The smallest absolute Gasteiger partial charge is 0.387 e. The first-order chi connectivity index (χ1) is 30.9. The summed E-state index contributed by atoms with van der Waals surface area (Å²) in [6.45, 7) is 4.15. The van der Waals surface area contributed by atoms with E-state index in [2.05, 4.69) is 55.6 Å². The molecule has 0 aromatic carbocycles. The molecule has 0 aliphatic carbocycles. The van der Waals surface area contributed by atoms with Crippen LogP contribution in [0.3, 0.4) is 0 Å². The number of carbonyl (C=O) groups is 1. The molecule has 0 saturated heterocycles. The van der Waals surface area contributed by atoms with Crippen LogP contribution >= 0.6 is 7.82 Å². The van der Waals surface area contributed by atoms with Crippen LogP contribution in [0.25, 0.3) is 0 Å². The number of nitrogens with one attached hydrogen (secondary N) is 1. The molecule has 0 fully saturated rings. The van der Waals surface area contributed by atoms with Gasteiger partial charge in [0.15, 0.2) is 0 Å². The van der Waals surface area contributed by atoms with E-state index in [1.165, 1.54) is 180 Å². The maximum absolute atomic E-state index is 12.8. The Balaban J connectivity index is 4.10. The fraction of sp³-hybridized carbons (Fsp3) is 0.833. The summed E-state index contributed by atoms with van der Waals surface area (Å²) >= 11 is 0. The summed E-state index contributed by atoms with van der Waals surface area (Å²) in [5, 5.41) is 13.8. The Morgan fingerprint density at radius 1 is 0.524 bits per heavy atom. The first-order valence-electron chi connectivity index (χ1n) is 26.8. The normalized spacial score (nSPS) is 14.2. The molecule has 370 valence electrons. The lowest BCUT2D eigenvalue weighted by atomic mass is 10.0. The Kier molecular flexibility index (Phi) is 48.7. The zero-order chi connectivity index (χ0) is 46.0. The van der Waals surface area contributed by atoms with Crippen molar-refractivity contribution in [1.82, 2.24) is 5.32 Å². The third-order valence-corrected chi connectivity index (χ3v) is 12.9. The quantitative estimate of drug-likeness (QED) is 0.0272. The molecule has 3 unspecified atom stereocenters. The Morgan fingerprint density at radius 3 is 1.27 bits per heavy atom. The molecule has 8 nitrogen and oxygen atoms in total. The van der Waals surface area contributed by atoms with Crippen molar-refractivity contribution < 1.29 is 28.4 Å². The maximum atomic E-state index is 12.8. The average Bonchev–Trinajstić information content (AvgIpc) is 3.27. The number of rotatable bonds is 50. The van der Waals surface area contributed by atoms with Crippen molar-refractivity contribution in [3.05, 3.63) is 48.6 Å². The van der Waals surface area contributed by atoms with Crippen molar-refractivity contribution in [2.75, 3.05) is 19.8 Å². The second-order valence-corrected chi connectivity index (χ2v) is 19.5. The van der Waals surface area contributed by atoms with Crippen LogP contribution in [0.5, 0.6) is 0 Å². The van der Waals surface area contributed by atoms with E-state index in [1.54, 1.807) is 6.08 Å².